The third-order valence-corrected chi connectivity index (χ3v) is 8.30. The first-order valence-electron chi connectivity index (χ1n) is 17.7. The second-order valence-electron chi connectivity index (χ2n) is 14.3. The minimum atomic E-state index is -1.48. The molecule has 0 saturated heterocycles. The molecule has 0 bridgehead atoms. The van der Waals surface area contributed by atoms with E-state index in [-0.39, 0.29) is 33.9 Å². The number of benzene rings is 2. The molecular weight excluding hydrogens is 708 g/mol. The molecule has 1 heterocycles. The Labute approximate surface area is 319 Å². The summed E-state index contributed by atoms with van der Waals surface area (Å²) in [6, 6.07) is 11.1. The number of hydrogen-bond acceptors (Lipinski definition) is 11. The lowest BCUT2D eigenvalue weighted by atomic mass is 9.94. The summed E-state index contributed by atoms with van der Waals surface area (Å²) in [6.45, 7) is 14.0. The summed E-state index contributed by atoms with van der Waals surface area (Å²) in [5.41, 5.74) is 6.02. The average Bonchev–Trinajstić information content (AvgIpc) is 3.96. The van der Waals surface area contributed by atoms with Crippen LogP contribution in [0.2, 0.25) is 0 Å². The van der Waals surface area contributed by atoms with Crippen molar-refractivity contribution in [2.75, 3.05) is 19.0 Å². The molecule has 292 valence electrons. The summed E-state index contributed by atoms with van der Waals surface area (Å²) in [4.78, 5) is 71.1. The first kappa shape index (κ1) is 41.5. The number of anilines is 1. The molecule has 0 radical (unpaired) electrons. The average molecular weight is 757 g/mol. The predicted molar refractivity (Wildman–Crippen MR) is 206 cm³/mol. The van der Waals surface area contributed by atoms with E-state index in [9.17, 15) is 24.0 Å². The van der Waals surface area contributed by atoms with Crippen molar-refractivity contribution in [1.82, 2.24) is 15.6 Å². The highest BCUT2D eigenvalue weighted by Gasteiger charge is 2.32. The van der Waals surface area contributed by atoms with Gasteiger partial charge in [-0.2, -0.15) is 0 Å². The van der Waals surface area contributed by atoms with E-state index < -0.39 is 53.7 Å². The van der Waals surface area contributed by atoms with Crippen LogP contribution in [-0.4, -0.2) is 72.3 Å². The predicted octanol–water partition coefficient (Wildman–Crippen LogP) is 5.67. The number of aromatic nitrogens is 1. The van der Waals surface area contributed by atoms with E-state index in [1.165, 1.54) is 44.4 Å². The van der Waals surface area contributed by atoms with Gasteiger partial charge in [-0.25, -0.2) is 19.4 Å². The summed E-state index contributed by atoms with van der Waals surface area (Å²) in [5.74, 6) is -2.94. The number of nitrogens with zero attached hydrogens (tertiary/aromatic N) is 1. The van der Waals surface area contributed by atoms with Gasteiger partial charge in [0, 0.05) is 47.0 Å². The van der Waals surface area contributed by atoms with Crippen molar-refractivity contribution in [3.63, 3.8) is 0 Å². The standard InChI is InChI=1S/C40H48N6O9/c1-9-24-18-29(35(47)44-26-14-12-25(13-15-26)34(41)42)28(19-31(24)52-8)27-16-17-30(36(48)43-20-23-10-11-23)45-33(27)38(50)54-22(4)53-37(49)32(21(2)3)46-39(51)55-40(5,6)7/h9,12-19,21-23,32H,1,10-11,20H2,2-8H3,(H3,41,42)(H,43,48)(H,44,47)(H,46,51). The van der Waals surface area contributed by atoms with Crippen LogP contribution in [0.25, 0.3) is 17.2 Å². The maximum Gasteiger partial charge on any atom is 0.408 e. The van der Waals surface area contributed by atoms with Gasteiger partial charge in [0.15, 0.2) is 5.69 Å². The minimum Gasteiger partial charge on any atom is -0.496 e. The Balaban J connectivity index is 1.71. The van der Waals surface area contributed by atoms with Crippen molar-refractivity contribution in [2.45, 2.75) is 72.3 Å². The van der Waals surface area contributed by atoms with Crippen LogP contribution in [0.15, 0.2) is 55.1 Å². The van der Waals surface area contributed by atoms with Crippen LogP contribution in [0.5, 0.6) is 5.75 Å². The van der Waals surface area contributed by atoms with E-state index in [4.69, 9.17) is 30.1 Å². The quantitative estimate of drug-likeness (QED) is 0.0550. The number of pyridine rings is 1. The van der Waals surface area contributed by atoms with Gasteiger partial charge >= 0.3 is 18.0 Å². The number of carbonyl (C=O) groups is 5. The number of alkyl carbamates (subject to hydrolysis) is 1. The summed E-state index contributed by atoms with van der Waals surface area (Å²) >= 11 is 0. The molecule has 55 heavy (non-hydrogen) atoms. The largest absolute Gasteiger partial charge is 0.496 e. The first-order valence-corrected chi connectivity index (χ1v) is 17.7. The molecule has 3 aromatic rings. The number of amides is 3. The second-order valence-corrected chi connectivity index (χ2v) is 14.3. The molecule has 0 aliphatic heterocycles. The molecule has 3 amide bonds. The van der Waals surface area contributed by atoms with Gasteiger partial charge in [0.1, 0.15) is 28.9 Å². The zero-order chi connectivity index (χ0) is 40.6. The number of hydrogen-bond donors (Lipinski definition) is 5. The van der Waals surface area contributed by atoms with Gasteiger partial charge < -0.3 is 40.6 Å². The molecule has 2 atom stereocenters. The Kier molecular flexibility index (Phi) is 13.4. The Morgan fingerprint density at radius 2 is 1.65 bits per heavy atom. The molecule has 0 spiro atoms. The van der Waals surface area contributed by atoms with Crippen LogP contribution < -0.4 is 26.4 Å². The van der Waals surface area contributed by atoms with Crippen LogP contribution in [0, 0.1) is 17.2 Å². The molecule has 2 aromatic carbocycles. The number of nitrogens with two attached hydrogens (primary N) is 1. The number of nitrogen functional groups attached to an aromatic ring is 1. The summed E-state index contributed by atoms with van der Waals surface area (Å²) in [7, 11) is 1.43. The Hall–Kier alpha value is -6.25. The lowest BCUT2D eigenvalue weighted by molar-refractivity contribution is -0.169. The van der Waals surface area contributed by atoms with Gasteiger partial charge in [0.25, 0.3) is 11.8 Å². The Bertz CT molecular complexity index is 1970. The number of carbonyl (C=O) groups excluding carboxylic acids is 5. The first-order chi connectivity index (χ1) is 25.9. The van der Waals surface area contributed by atoms with E-state index in [1.54, 1.807) is 58.9 Å². The van der Waals surface area contributed by atoms with Crippen molar-refractivity contribution in [1.29, 1.82) is 5.41 Å². The lowest BCUT2D eigenvalue weighted by Gasteiger charge is -2.25. The number of rotatable bonds is 15. The monoisotopic (exact) mass is 756 g/mol. The highest BCUT2D eigenvalue weighted by molar-refractivity contribution is 6.11. The summed E-state index contributed by atoms with van der Waals surface area (Å²) in [6.07, 6.45) is 1.19. The van der Waals surface area contributed by atoms with Gasteiger partial charge in [0.05, 0.1) is 7.11 Å². The Morgan fingerprint density at radius 3 is 2.22 bits per heavy atom. The molecule has 4 rings (SSSR count). The Morgan fingerprint density at radius 1 is 0.982 bits per heavy atom. The van der Waals surface area contributed by atoms with Crippen LogP contribution in [0.4, 0.5) is 10.5 Å². The van der Waals surface area contributed by atoms with Gasteiger partial charge in [0.2, 0.25) is 6.29 Å². The molecule has 6 N–H and O–H groups in total. The van der Waals surface area contributed by atoms with E-state index in [0.29, 0.717) is 35.0 Å². The molecule has 1 aliphatic carbocycles. The molecule has 1 aliphatic rings. The van der Waals surface area contributed by atoms with Crippen LogP contribution in [-0.2, 0) is 19.0 Å². The molecule has 2 unspecified atom stereocenters. The number of esters is 2. The maximum atomic E-state index is 14.0. The van der Waals surface area contributed by atoms with Gasteiger partial charge in [-0.05, 0) is 94.0 Å². The highest BCUT2D eigenvalue weighted by Crippen LogP contribution is 2.35. The molecule has 15 nitrogen and oxygen atoms in total. The highest BCUT2D eigenvalue weighted by atomic mass is 16.7. The molecule has 1 aromatic heterocycles. The third kappa shape index (κ3) is 11.4. The van der Waals surface area contributed by atoms with Crippen molar-refractivity contribution >= 4 is 47.4 Å². The summed E-state index contributed by atoms with van der Waals surface area (Å²) in [5, 5.41) is 15.8. The zero-order valence-electron chi connectivity index (χ0n) is 32.0. The van der Waals surface area contributed by atoms with Crippen molar-refractivity contribution < 1.29 is 42.9 Å². The molecule has 15 heteroatoms. The normalized spacial score (nSPS) is 13.5. The number of methoxy groups -OCH3 is 1. The zero-order valence-corrected chi connectivity index (χ0v) is 32.0. The van der Waals surface area contributed by atoms with Crippen molar-refractivity contribution in [3.8, 4) is 16.9 Å². The number of nitrogens with one attached hydrogen (secondary N) is 4. The third-order valence-electron chi connectivity index (χ3n) is 8.30. The SMILES string of the molecule is C=Cc1cc(C(=O)Nc2ccc(C(=N)N)cc2)c(-c2ccc(C(=O)NCC3CC3)nc2C(=O)OC(C)OC(=O)C(NC(=O)OC(C)(C)C)C(C)C)cc1OC. The minimum absolute atomic E-state index is 0.0839. The van der Waals surface area contributed by atoms with Crippen molar-refractivity contribution in [3.05, 3.63) is 83.2 Å². The van der Waals surface area contributed by atoms with Crippen LogP contribution >= 0.6 is 0 Å². The van der Waals surface area contributed by atoms with Crippen LogP contribution in [0.1, 0.15) is 96.8 Å². The van der Waals surface area contributed by atoms with E-state index in [2.05, 4.69) is 27.5 Å². The van der Waals surface area contributed by atoms with Crippen LogP contribution in [0.3, 0.4) is 0 Å². The summed E-state index contributed by atoms with van der Waals surface area (Å²) < 4.78 is 21.9. The molecule has 1 fully saturated rings. The molecule has 1 saturated carbocycles. The smallest absolute Gasteiger partial charge is 0.408 e. The fourth-order valence-electron chi connectivity index (χ4n) is 5.28. The van der Waals surface area contributed by atoms with E-state index >= 15 is 0 Å². The van der Waals surface area contributed by atoms with Gasteiger partial charge in [-0.3, -0.25) is 15.0 Å². The fourth-order valence-corrected chi connectivity index (χ4v) is 5.28. The van der Waals surface area contributed by atoms with E-state index in [0.717, 1.165) is 12.8 Å². The number of ether oxygens (including phenoxy) is 4. The van der Waals surface area contributed by atoms with Gasteiger partial charge in [-0.15, -0.1) is 0 Å². The lowest BCUT2D eigenvalue weighted by Crippen LogP contribution is -2.48. The van der Waals surface area contributed by atoms with Gasteiger partial charge in [-0.1, -0.05) is 26.5 Å². The van der Waals surface area contributed by atoms with Crippen molar-refractivity contribution in [2.24, 2.45) is 17.6 Å². The fraction of sp³-hybridized carbons (Fsp3) is 0.375. The molecular formula is C40H48N6O9. The topological polar surface area (TPSA) is 221 Å². The maximum absolute atomic E-state index is 14.0. The number of amidine groups is 1. The van der Waals surface area contributed by atoms with E-state index in [1.807, 2.05) is 0 Å². The second kappa shape index (κ2) is 17.7.